The largest absolute Gasteiger partial charge is 0.374 e. The van der Waals surface area contributed by atoms with Gasteiger partial charge in [-0.1, -0.05) is 29.8 Å². The number of carbonyl (C=O) groups is 1. The van der Waals surface area contributed by atoms with Crippen molar-refractivity contribution in [1.82, 2.24) is 0 Å². The smallest absolute Gasteiger partial charge is 0.246 e. The third kappa shape index (κ3) is 3.88. The molecule has 1 amide bonds. The predicted octanol–water partition coefficient (Wildman–Crippen LogP) is 4.36. The van der Waals surface area contributed by atoms with Gasteiger partial charge in [-0.2, -0.15) is 0 Å². The van der Waals surface area contributed by atoms with Gasteiger partial charge >= 0.3 is 0 Å². The maximum atomic E-state index is 12.4. The van der Waals surface area contributed by atoms with Gasteiger partial charge in [-0.05, 0) is 63.4 Å². The fourth-order valence-electron chi connectivity index (χ4n) is 2.66. The fourth-order valence-corrected chi connectivity index (χ4v) is 2.66. The number of carbonyl (C=O) groups excluding carboxylic acids is 1. The summed E-state index contributed by atoms with van der Waals surface area (Å²) in [5.41, 5.74) is 6.43. The van der Waals surface area contributed by atoms with E-state index in [1.165, 1.54) is 11.1 Å². The fraction of sp³-hybridized carbons (Fsp3) is 0.316. The first-order valence-corrected chi connectivity index (χ1v) is 7.58. The highest BCUT2D eigenvalue weighted by Gasteiger charge is 2.15. The molecule has 2 aromatic rings. The minimum absolute atomic E-state index is 0.0310. The van der Waals surface area contributed by atoms with Crippen LogP contribution in [0.2, 0.25) is 0 Å². The lowest BCUT2D eigenvalue weighted by molar-refractivity contribution is -0.116. The van der Waals surface area contributed by atoms with Crippen LogP contribution in [0.15, 0.2) is 36.4 Å². The molecule has 2 N–H and O–H groups in total. The van der Waals surface area contributed by atoms with Gasteiger partial charge in [0.05, 0.1) is 0 Å². The van der Waals surface area contributed by atoms with E-state index in [0.29, 0.717) is 0 Å². The highest BCUT2D eigenvalue weighted by atomic mass is 16.2. The van der Waals surface area contributed by atoms with E-state index in [-0.39, 0.29) is 11.9 Å². The lowest BCUT2D eigenvalue weighted by atomic mass is 10.0. The van der Waals surface area contributed by atoms with Crippen LogP contribution in [-0.4, -0.2) is 11.9 Å². The summed E-state index contributed by atoms with van der Waals surface area (Å²) in [6.45, 7) is 10.0. The second-order valence-electron chi connectivity index (χ2n) is 6.00. The second kappa shape index (κ2) is 6.65. The average Bonchev–Trinajstić information content (AvgIpc) is 2.42. The summed E-state index contributed by atoms with van der Waals surface area (Å²) < 4.78 is 0. The van der Waals surface area contributed by atoms with Crippen LogP contribution in [0, 0.1) is 27.7 Å². The molecule has 22 heavy (non-hydrogen) atoms. The van der Waals surface area contributed by atoms with Crippen molar-refractivity contribution in [3.63, 3.8) is 0 Å². The topological polar surface area (TPSA) is 41.1 Å². The van der Waals surface area contributed by atoms with Crippen molar-refractivity contribution < 1.29 is 4.79 Å². The highest BCUT2D eigenvalue weighted by molar-refractivity contribution is 5.97. The van der Waals surface area contributed by atoms with Crippen molar-refractivity contribution in [2.45, 2.75) is 40.7 Å². The van der Waals surface area contributed by atoms with Gasteiger partial charge in [0, 0.05) is 11.4 Å². The molecule has 116 valence electrons. The Balaban J connectivity index is 2.09. The molecular formula is C19H24N2O. The van der Waals surface area contributed by atoms with Crippen LogP contribution in [0.4, 0.5) is 11.4 Å². The van der Waals surface area contributed by atoms with Gasteiger partial charge in [0.15, 0.2) is 0 Å². The molecule has 0 radical (unpaired) electrons. The minimum Gasteiger partial charge on any atom is -0.374 e. The van der Waals surface area contributed by atoms with E-state index in [1.54, 1.807) is 0 Å². The summed E-state index contributed by atoms with van der Waals surface area (Å²) in [6, 6.07) is 11.9. The van der Waals surface area contributed by atoms with Crippen molar-refractivity contribution in [3.8, 4) is 0 Å². The Morgan fingerprint density at radius 2 is 1.59 bits per heavy atom. The van der Waals surface area contributed by atoms with E-state index in [1.807, 2.05) is 52.0 Å². The van der Waals surface area contributed by atoms with Gasteiger partial charge < -0.3 is 10.6 Å². The predicted molar refractivity (Wildman–Crippen MR) is 93.5 cm³/mol. The van der Waals surface area contributed by atoms with Crippen molar-refractivity contribution >= 4 is 17.3 Å². The molecule has 2 aromatic carbocycles. The van der Waals surface area contributed by atoms with Crippen molar-refractivity contribution in [2.75, 3.05) is 10.6 Å². The SMILES string of the molecule is Cc1cccc(N[C@@H](C)C(=O)Nc2c(C)cc(C)cc2C)c1. The van der Waals surface area contributed by atoms with Gasteiger partial charge in [0.25, 0.3) is 0 Å². The number of benzene rings is 2. The molecule has 0 aromatic heterocycles. The van der Waals surface area contributed by atoms with Gasteiger partial charge in [-0.25, -0.2) is 0 Å². The normalized spacial score (nSPS) is 11.9. The van der Waals surface area contributed by atoms with Crippen LogP contribution in [0.1, 0.15) is 29.2 Å². The van der Waals surface area contributed by atoms with E-state index in [9.17, 15) is 4.79 Å². The number of aryl methyl sites for hydroxylation is 4. The summed E-state index contributed by atoms with van der Waals surface area (Å²) in [4.78, 5) is 12.4. The van der Waals surface area contributed by atoms with Crippen LogP contribution in [0.5, 0.6) is 0 Å². The van der Waals surface area contributed by atoms with Crippen LogP contribution >= 0.6 is 0 Å². The van der Waals surface area contributed by atoms with E-state index in [2.05, 4.69) is 29.7 Å². The number of rotatable bonds is 4. The quantitative estimate of drug-likeness (QED) is 0.880. The third-order valence-corrected chi connectivity index (χ3v) is 3.72. The van der Waals surface area contributed by atoms with Crippen molar-refractivity contribution in [2.24, 2.45) is 0 Å². The molecule has 3 nitrogen and oxygen atoms in total. The van der Waals surface area contributed by atoms with Gasteiger partial charge in [-0.15, -0.1) is 0 Å². The Kier molecular flexibility index (Phi) is 4.86. The molecule has 0 spiro atoms. The third-order valence-electron chi connectivity index (χ3n) is 3.72. The molecule has 1 atom stereocenters. The van der Waals surface area contributed by atoms with E-state index in [0.717, 1.165) is 22.5 Å². The first kappa shape index (κ1) is 16.1. The number of hydrogen-bond acceptors (Lipinski definition) is 2. The van der Waals surface area contributed by atoms with E-state index < -0.39 is 0 Å². The zero-order valence-electron chi connectivity index (χ0n) is 13.9. The Morgan fingerprint density at radius 1 is 0.955 bits per heavy atom. The Hall–Kier alpha value is -2.29. The Bertz CT molecular complexity index is 669. The number of nitrogens with one attached hydrogen (secondary N) is 2. The summed E-state index contributed by atoms with van der Waals surface area (Å²) in [5, 5.41) is 6.28. The number of hydrogen-bond donors (Lipinski definition) is 2. The van der Waals surface area contributed by atoms with Crippen molar-refractivity contribution in [3.05, 3.63) is 58.7 Å². The first-order valence-electron chi connectivity index (χ1n) is 7.58. The number of anilines is 2. The lowest BCUT2D eigenvalue weighted by Gasteiger charge is -2.18. The molecule has 0 heterocycles. The van der Waals surface area contributed by atoms with E-state index >= 15 is 0 Å². The molecule has 0 fully saturated rings. The van der Waals surface area contributed by atoms with Crippen LogP contribution in [-0.2, 0) is 4.79 Å². The summed E-state index contributed by atoms with van der Waals surface area (Å²) in [6.07, 6.45) is 0. The molecule has 0 saturated heterocycles. The average molecular weight is 296 g/mol. The maximum Gasteiger partial charge on any atom is 0.246 e. The monoisotopic (exact) mass is 296 g/mol. The van der Waals surface area contributed by atoms with Crippen molar-refractivity contribution in [1.29, 1.82) is 0 Å². The molecule has 2 rings (SSSR count). The zero-order valence-corrected chi connectivity index (χ0v) is 13.9. The lowest BCUT2D eigenvalue weighted by Crippen LogP contribution is -2.32. The molecule has 0 unspecified atom stereocenters. The summed E-state index contributed by atoms with van der Waals surface area (Å²) >= 11 is 0. The Morgan fingerprint density at radius 3 is 2.18 bits per heavy atom. The minimum atomic E-state index is -0.304. The van der Waals surface area contributed by atoms with Crippen LogP contribution in [0.25, 0.3) is 0 Å². The molecule has 0 aliphatic carbocycles. The second-order valence-corrected chi connectivity index (χ2v) is 6.00. The van der Waals surface area contributed by atoms with Crippen LogP contribution < -0.4 is 10.6 Å². The molecular weight excluding hydrogens is 272 g/mol. The van der Waals surface area contributed by atoms with Gasteiger partial charge in [0.2, 0.25) is 5.91 Å². The summed E-state index contributed by atoms with van der Waals surface area (Å²) in [7, 11) is 0. The molecule has 3 heteroatoms. The maximum absolute atomic E-state index is 12.4. The Labute approximate surface area is 132 Å². The number of amides is 1. The molecule has 0 aliphatic rings. The standard InChI is InChI=1S/C19H24N2O/c1-12-7-6-8-17(11-12)20-16(5)19(22)21-18-14(3)9-13(2)10-15(18)4/h6-11,16,20H,1-5H3,(H,21,22)/t16-/m0/s1. The summed E-state index contributed by atoms with van der Waals surface area (Å²) in [5.74, 6) is -0.0310. The molecule has 0 aliphatic heterocycles. The van der Waals surface area contributed by atoms with Gasteiger partial charge in [0.1, 0.15) is 6.04 Å². The molecule has 0 bridgehead atoms. The van der Waals surface area contributed by atoms with Gasteiger partial charge in [-0.3, -0.25) is 4.79 Å². The zero-order chi connectivity index (χ0) is 16.3. The van der Waals surface area contributed by atoms with E-state index in [4.69, 9.17) is 0 Å². The highest BCUT2D eigenvalue weighted by Crippen LogP contribution is 2.22. The molecule has 0 saturated carbocycles. The first-order chi connectivity index (χ1) is 10.4. The van der Waals surface area contributed by atoms with Crippen LogP contribution in [0.3, 0.4) is 0 Å².